The van der Waals surface area contributed by atoms with E-state index < -0.39 is 0 Å². The van der Waals surface area contributed by atoms with Gasteiger partial charge in [0.15, 0.2) is 0 Å². The highest BCUT2D eigenvalue weighted by Gasteiger charge is 2.34. The first-order chi connectivity index (χ1) is 9.02. The third-order valence-corrected chi connectivity index (χ3v) is 4.02. The van der Waals surface area contributed by atoms with Crippen LogP contribution in [0.25, 0.3) is 0 Å². The first-order valence-electron chi connectivity index (χ1n) is 6.80. The zero-order valence-electron chi connectivity index (χ0n) is 11.4. The highest BCUT2D eigenvalue weighted by atomic mass is 16.3. The highest BCUT2D eigenvalue weighted by molar-refractivity contribution is 5.96. The van der Waals surface area contributed by atoms with Crippen LogP contribution in [0.4, 0.5) is 0 Å². The van der Waals surface area contributed by atoms with Crippen molar-refractivity contribution < 1.29 is 15.0 Å². The molecule has 1 fully saturated rings. The summed E-state index contributed by atoms with van der Waals surface area (Å²) in [5.41, 5.74) is 1.11. The number of benzene rings is 1. The monoisotopic (exact) mass is 263 g/mol. The quantitative estimate of drug-likeness (QED) is 0.778. The average molecular weight is 263 g/mol. The lowest BCUT2D eigenvalue weighted by Gasteiger charge is -2.37. The molecule has 19 heavy (non-hydrogen) atoms. The van der Waals surface area contributed by atoms with Crippen LogP contribution in [0.1, 0.15) is 42.1 Å². The number of amides is 1. The first kappa shape index (κ1) is 13.9. The van der Waals surface area contributed by atoms with Crippen LogP contribution in [0.15, 0.2) is 18.2 Å². The van der Waals surface area contributed by atoms with Crippen LogP contribution in [-0.2, 0) is 0 Å². The van der Waals surface area contributed by atoms with Gasteiger partial charge in [-0.25, -0.2) is 0 Å². The van der Waals surface area contributed by atoms with Crippen LogP contribution in [0, 0.1) is 12.8 Å². The van der Waals surface area contributed by atoms with Gasteiger partial charge in [-0.2, -0.15) is 0 Å². The molecule has 4 nitrogen and oxygen atoms in total. The Morgan fingerprint density at radius 2 is 2.16 bits per heavy atom. The summed E-state index contributed by atoms with van der Waals surface area (Å²) >= 11 is 0. The summed E-state index contributed by atoms with van der Waals surface area (Å²) in [6.07, 6.45) is 2.16. The molecular weight excluding hydrogens is 242 g/mol. The molecule has 0 spiro atoms. The van der Waals surface area contributed by atoms with Gasteiger partial charge in [-0.05, 0) is 44.2 Å². The lowest BCUT2D eigenvalue weighted by atomic mass is 9.76. The minimum Gasteiger partial charge on any atom is -0.508 e. The second kappa shape index (κ2) is 5.61. The molecule has 1 saturated carbocycles. The van der Waals surface area contributed by atoms with Crippen molar-refractivity contribution in [2.24, 2.45) is 5.92 Å². The summed E-state index contributed by atoms with van der Waals surface area (Å²) in [7, 11) is 0. The zero-order valence-corrected chi connectivity index (χ0v) is 11.4. The predicted octanol–water partition coefficient (Wildman–Crippen LogP) is 1.98. The second-order valence-corrected chi connectivity index (χ2v) is 5.32. The zero-order chi connectivity index (χ0) is 14.0. The number of carbonyl (C=O) groups is 1. The molecule has 0 aromatic heterocycles. The lowest BCUT2D eigenvalue weighted by molar-refractivity contribution is 0.0232. The molecule has 0 radical (unpaired) electrons. The van der Waals surface area contributed by atoms with Crippen molar-refractivity contribution in [1.29, 1.82) is 0 Å². The number of hydrogen-bond donors (Lipinski definition) is 3. The molecule has 1 aromatic rings. The Balaban J connectivity index is 2.05. The number of phenols is 1. The van der Waals surface area contributed by atoms with Gasteiger partial charge in [0.1, 0.15) is 5.75 Å². The standard InChI is InChI=1S/C15H21NO3/c1-3-13(10-7-11(17)8-10)16-15(19)12-5-4-6-14(18)9(12)2/h4-6,10-11,13,17-18H,3,7-8H2,1-2H3,(H,16,19)/t10?,11?,13-/m0/s1. The molecule has 0 unspecified atom stereocenters. The van der Waals surface area contributed by atoms with Gasteiger partial charge in [-0.1, -0.05) is 13.0 Å². The van der Waals surface area contributed by atoms with Gasteiger partial charge in [-0.3, -0.25) is 4.79 Å². The molecule has 4 heteroatoms. The van der Waals surface area contributed by atoms with Gasteiger partial charge in [0.2, 0.25) is 0 Å². The molecule has 1 aliphatic carbocycles. The van der Waals surface area contributed by atoms with Crippen molar-refractivity contribution in [3.05, 3.63) is 29.3 Å². The van der Waals surface area contributed by atoms with Crippen molar-refractivity contribution in [2.75, 3.05) is 0 Å². The van der Waals surface area contributed by atoms with Gasteiger partial charge in [-0.15, -0.1) is 0 Å². The fourth-order valence-corrected chi connectivity index (χ4v) is 2.63. The summed E-state index contributed by atoms with van der Waals surface area (Å²) < 4.78 is 0. The minimum absolute atomic E-state index is 0.0950. The Morgan fingerprint density at radius 3 is 2.74 bits per heavy atom. The number of hydrogen-bond acceptors (Lipinski definition) is 3. The Morgan fingerprint density at radius 1 is 1.47 bits per heavy atom. The van der Waals surface area contributed by atoms with Gasteiger partial charge in [0.25, 0.3) is 5.91 Å². The van der Waals surface area contributed by atoms with Gasteiger partial charge in [0, 0.05) is 17.2 Å². The topological polar surface area (TPSA) is 69.6 Å². The molecular formula is C15H21NO3. The third-order valence-electron chi connectivity index (χ3n) is 4.02. The molecule has 1 aromatic carbocycles. The highest BCUT2D eigenvalue weighted by Crippen LogP contribution is 2.31. The maximum atomic E-state index is 12.2. The molecule has 0 aliphatic heterocycles. The van der Waals surface area contributed by atoms with E-state index in [9.17, 15) is 15.0 Å². The van der Waals surface area contributed by atoms with Crippen molar-refractivity contribution in [2.45, 2.75) is 45.3 Å². The van der Waals surface area contributed by atoms with Crippen molar-refractivity contribution in [1.82, 2.24) is 5.32 Å². The summed E-state index contributed by atoms with van der Waals surface area (Å²) in [4.78, 5) is 12.2. The van der Waals surface area contributed by atoms with Crippen molar-refractivity contribution in [3.63, 3.8) is 0 Å². The van der Waals surface area contributed by atoms with Gasteiger partial charge < -0.3 is 15.5 Å². The normalized spacial score (nSPS) is 23.5. The molecule has 3 N–H and O–H groups in total. The largest absolute Gasteiger partial charge is 0.508 e. The summed E-state index contributed by atoms with van der Waals surface area (Å²) in [6, 6.07) is 5.06. The Bertz CT molecular complexity index is 466. The lowest BCUT2D eigenvalue weighted by Crippen LogP contribution is -2.46. The van der Waals surface area contributed by atoms with Crippen molar-refractivity contribution in [3.8, 4) is 5.75 Å². The fraction of sp³-hybridized carbons (Fsp3) is 0.533. The SMILES string of the molecule is CC[C@H](NC(=O)c1cccc(O)c1C)C1CC(O)C1. The second-order valence-electron chi connectivity index (χ2n) is 5.32. The number of aliphatic hydroxyl groups is 1. The molecule has 0 saturated heterocycles. The van der Waals surface area contributed by atoms with E-state index in [4.69, 9.17) is 0 Å². The number of nitrogens with one attached hydrogen (secondary N) is 1. The van der Waals surface area contributed by atoms with E-state index >= 15 is 0 Å². The predicted molar refractivity (Wildman–Crippen MR) is 73.1 cm³/mol. The number of aromatic hydroxyl groups is 1. The van der Waals surface area contributed by atoms with E-state index in [0.717, 1.165) is 19.3 Å². The molecule has 2 rings (SSSR count). The van der Waals surface area contributed by atoms with Gasteiger partial charge in [0.05, 0.1) is 6.10 Å². The summed E-state index contributed by atoms with van der Waals surface area (Å²) in [5.74, 6) is 0.350. The van der Waals surface area contributed by atoms with Crippen LogP contribution in [0.3, 0.4) is 0 Å². The fourth-order valence-electron chi connectivity index (χ4n) is 2.63. The van der Waals surface area contributed by atoms with Crippen LogP contribution in [0.5, 0.6) is 5.75 Å². The van der Waals surface area contributed by atoms with E-state index in [1.54, 1.807) is 25.1 Å². The summed E-state index contributed by atoms with van der Waals surface area (Å²) in [5, 5.41) is 22.0. The molecule has 0 bridgehead atoms. The van der Waals surface area contributed by atoms with E-state index in [0.29, 0.717) is 17.0 Å². The number of rotatable bonds is 4. The Kier molecular flexibility index (Phi) is 4.10. The van der Waals surface area contributed by atoms with E-state index in [2.05, 4.69) is 5.32 Å². The smallest absolute Gasteiger partial charge is 0.251 e. The number of phenolic OH excluding ortho intramolecular Hbond substituents is 1. The third kappa shape index (κ3) is 2.89. The minimum atomic E-state index is -0.210. The van der Waals surface area contributed by atoms with Crippen LogP contribution in [-0.4, -0.2) is 28.3 Å². The Hall–Kier alpha value is -1.55. The molecule has 1 aliphatic rings. The maximum absolute atomic E-state index is 12.2. The van der Waals surface area contributed by atoms with E-state index in [-0.39, 0.29) is 23.8 Å². The molecule has 0 heterocycles. The van der Waals surface area contributed by atoms with Crippen LogP contribution >= 0.6 is 0 Å². The average Bonchev–Trinajstić information content (AvgIpc) is 2.35. The van der Waals surface area contributed by atoms with Gasteiger partial charge >= 0.3 is 0 Å². The Labute approximate surface area is 113 Å². The van der Waals surface area contributed by atoms with E-state index in [1.165, 1.54) is 0 Å². The summed E-state index contributed by atoms with van der Waals surface area (Å²) in [6.45, 7) is 3.77. The molecule has 1 atom stereocenters. The number of aliphatic hydroxyl groups excluding tert-OH is 1. The maximum Gasteiger partial charge on any atom is 0.251 e. The number of carbonyl (C=O) groups excluding carboxylic acids is 1. The van der Waals surface area contributed by atoms with E-state index in [1.807, 2.05) is 6.92 Å². The molecule has 1 amide bonds. The molecule has 104 valence electrons. The van der Waals surface area contributed by atoms with Crippen LogP contribution < -0.4 is 5.32 Å². The van der Waals surface area contributed by atoms with Crippen molar-refractivity contribution >= 4 is 5.91 Å². The first-order valence-corrected chi connectivity index (χ1v) is 6.80. The van der Waals surface area contributed by atoms with Crippen LogP contribution in [0.2, 0.25) is 0 Å².